The van der Waals surface area contributed by atoms with Gasteiger partial charge in [0.2, 0.25) is 0 Å². The molecule has 2 heteroatoms. The third kappa shape index (κ3) is 4.47. The quantitative estimate of drug-likeness (QED) is 0.557. The van der Waals surface area contributed by atoms with Crippen molar-refractivity contribution in [1.82, 2.24) is 0 Å². The zero-order valence-corrected chi connectivity index (χ0v) is 7.91. The molecule has 0 unspecified atom stereocenters. The molecule has 0 spiro atoms. The molecule has 0 aliphatic heterocycles. The number of hydrogen-bond acceptors (Lipinski definition) is 0. The van der Waals surface area contributed by atoms with Gasteiger partial charge in [-0.1, -0.05) is 0 Å². The van der Waals surface area contributed by atoms with Gasteiger partial charge < -0.3 is 0 Å². The van der Waals surface area contributed by atoms with E-state index in [0.29, 0.717) is 6.54 Å². The van der Waals surface area contributed by atoms with Crippen LogP contribution < -0.4 is 0 Å². The minimum atomic E-state index is 0.130. The van der Waals surface area contributed by atoms with Crippen LogP contribution >= 0.6 is 0 Å². The molecule has 0 aliphatic carbocycles. The summed E-state index contributed by atoms with van der Waals surface area (Å²) in [7, 11) is 0. The van der Waals surface area contributed by atoms with Crippen molar-refractivity contribution in [1.29, 1.82) is 0 Å². The standard InChI is InChI=1S/C5H8N.C2H3.Au/c1-5(2)4-6-3;1-2;/h4H2,1-2H3;1H,2H2;. The first-order chi connectivity index (χ1) is 4.12. The molecule has 0 saturated heterocycles. The summed E-state index contributed by atoms with van der Waals surface area (Å²) in [6.45, 7) is 15.2. The van der Waals surface area contributed by atoms with Crippen LogP contribution in [0.5, 0.6) is 0 Å². The van der Waals surface area contributed by atoms with E-state index < -0.39 is 0 Å². The van der Waals surface area contributed by atoms with E-state index in [-0.39, 0.29) is 23.4 Å². The van der Waals surface area contributed by atoms with Crippen molar-refractivity contribution < 1.29 is 19.8 Å². The summed E-state index contributed by atoms with van der Waals surface area (Å²) < 4.78 is 2.19. The molecule has 1 nitrogen and oxygen atoms in total. The normalized spacial score (nSPS) is 10.8. The Morgan fingerprint density at radius 1 is 1.78 bits per heavy atom. The number of nitrogens with zero attached hydrogens (tertiary/aromatic N) is 1. The Morgan fingerprint density at radius 3 is 2.67 bits per heavy atom. The first-order valence-corrected chi connectivity index (χ1v) is 4.96. The van der Waals surface area contributed by atoms with E-state index in [2.05, 4.69) is 25.3 Å². The molecule has 0 aromatic heterocycles. The summed E-state index contributed by atoms with van der Waals surface area (Å²) in [4.78, 5) is 3.35. The van der Waals surface area contributed by atoms with Gasteiger partial charge in [-0.2, -0.15) is 0 Å². The molecular weight excluding hydrogens is 295 g/mol. The molecule has 9 heavy (non-hydrogen) atoms. The van der Waals surface area contributed by atoms with Crippen molar-refractivity contribution in [3.63, 3.8) is 0 Å². The zero-order valence-electron chi connectivity index (χ0n) is 5.74. The molecule has 0 heterocycles. The van der Waals surface area contributed by atoms with Crippen molar-refractivity contribution in [3.8, 4) is 0 Å². The van der Waals surface area contributed by atoms with E-state index in [1.807, 2.05) is 4.29 Å². The third-order valence-electron chi connectivity index (χ3n) is 0.740. The van der Waals surface area contributed by atoms with Gasteiger partial charge >= 0.3 is 66.1 Å². The van der Waals surface area contributed by atoms with E-state index in [4.69, 9.17) is 6.57 Å². The maximum absolute atomic E-state index is 6.64. The maximum atomic E-state index is 6.64. The average Bonchev–Trinajstić information content (AvgIpc) is 1.64. The fourth-order valence-electron chi connectivity index (χ4n) is 0.376. The fourth-order valence-corrected chi connectivity index (χ4v) is 1.94. The molecule has 0 N–H and O–H groups in total. The first kappa shape index (κ1) is 8.97. The van der Waals surface area contributed by atoms with Gasteiger partial charge in [0.15, 0.2) is 0 Å². The molecule has 0 atom stereocenters. The Morgan fingerprint density at radius 2 is 2.33 bits per heavy atom. The van der Waals surface area contributed by atoms with Crippen molar-refractivity contribution in [2.24, 2.45) is 0 Å². The van der Waals surface area contributed by atoms with E-state index in [1.54, 1.807) is 0 Å². The Kier molecular flexibility index (Phi) is 3.88. The van der Waals surface area contributed by atoms with Crippen LogP contribution in [0.3, 0.4) is 0 Å². The van der Waals surface area contributed by atoms with Crippen LogP contribution in [0, 0.1) is 6.57 Å². The second-order valence-corrected chi connectivity index (χ2v) is 6.58. The summed E-state index contributed by atoms with van der Waals surface area (Å²) in [5.74, 6) is 0. The van der Waals surface area contributed by atoms with Crippen LogP contribution in [0.4, 0.5) is 0 Å². The van der Waals surface area contributed by atoms with E-state index in [1.165, 1.54) is 0 Å². The van der Waals surface area contributed by atoms with Gasteiger partial charge in [-0.3, -0.25) is 0 Å². The second-order valence-electron chi connectivity index (χ2n) is 2.14. The van der Waals surface area contributed by atoms with E-state index in [9.17, 15) is 0 Å². The topological polar surface area (TPSA) is 4.36 Å². The molecule has 0 rings (SSSR count). The molecule has 0 aliphatic rings. The van der Waals surface area contributed by atoms with E-state index in [0.717, 1.165) is 0 Å². The van der Waals surface area contributed by atoms with Crippen molar-refractivity contribution in [2.75, 3.05) is 6.54 Å². The monoisotopic (exact) mass is 306 g/mol. The summed E-state index contributed by atoms with van der Waals surface area (Å²) in [5.41, 5.74) is 0. The Hall–Kier alpha value is -0.0297. The average molecular weight is 306 g/mol. The summed E-state index contributed by atoms with van der Waals surface area (Å²) >= 11 is 0.130. The van der Waals surface area contributed by atoms with Crippen LogP contribution in [0.1, 0.15) is 13.8 Å². The zero-order chi connectivity index (χ0) is 7.33. The Labute approximate surface area is 66.3 Å². The van der Waals surface area contributed by atoms with Crippen LogP contribution in [0.25, 0.3) is 4.85 Å². The summed E-state index contributed by atoms with van der Waals surface area (Å²) in [6, 6.07) is 0. The molecule has 0 bridgehead atoms. The van der Waals surface area contributed by atoms with Crippen molar-refractivity contribution in [2.45, 2.75) is 17.5 Å². The van der Waals surface area contributed by atoms with Crippen molar-refractivity contribution >= 4 is 0 Å². The Bertz CT molecular complexity index is 132. The van der Waals surface area contributed by atoms with Gasteiger partial charge in [0, 0.05) is 0 Å². The number of rotatable bonds is 3. The fraction of sp³-hybridized carbons (Fsp3) is 0.571. The molecule has 0 fully saturated rings. The SMILES string of the molecule is [C-]#[N+]C[C](C)(C)[Au][CH]=C. The first-order valence-electron chi connectivity index (χ1n) is 2.63. The summed E-state index contributed by atoms with van der Waals surface area (Å²) in [6.07, 6.45) is 0. The van der Waals surface area contributed by atoms with Gasteiger partial charge in [0.25, 0.3) is 0 Å². The van der Waals surface area contributed by atoms with Gasteiger partial charge in [-0.05, 0) is 0 Å². The summed E-state index contributed by atoms with van der Waals surface area (Å²) in [5, 5.41) is 0. The van der Waals surface area contributed by atoms with Crippen LogP contribution in [-0.2, 0) is 19.8 Å². The third-order valence-corrected chi connectivity index (χ3v) is 3.22. The predicted octanol–water partition coefficient (Wildman–Crippen LogP) is 2.33. The van der Waals surface area contributed by atoms with E-state index >= 15 is 0 Å². The molecule has 0 radical (unpaired) electrons. The van der Waals surface area contributed by atoms with Gasteiger partial charge in [0.05, 0.1) is 0 Å². The number of hydrogen-bond donors (Lipinski definition) is 0. The van der Waals surface area contributed by atoms with Crippen LogP contribution in [-0.4, -0.2) is 6.54 Å². The predicted molar refractivity (Wildman–Crippen MR) is 35.7 cm³/mol. The molecular formula is C7H11AuN. The molecule has 0 saturated carbocycles. The molecule has 0 aromatic carbocycles. The van der Waals surface area contributed by atoms with Crippen molar-refractivity contribution in [3.05, 3.63) is 22.3 Å². The van der Waals surface area contributed by atoms with Gasteiger partial charge in [-0.25, -0.2) is 0 Å². The van der Waals surface area contributed by atoms with Gasteiger partial charge in [0.1, 0.15) is 0 Å². The molecule has 55 valence electrons. The molecule has 0 amide bonds. The van der Waals surface area contributed by atoms with Gasteiger partial charge in [-0.15, -0.1) is 0 Å². The second kappa shape index (κ2) is 3.90. The van der Waals surface area contributed by atoms with Crippen LogP contribution in [0.15, 0.2) is 10.9 Å². The minimum absolute atomic E-state index is 0.130. The molecule has 0 aromatic rings. The van der Waals surface area contributed by atoms with Crippen LogP contribution in [0.2, 0.25) is 3.63 Å². The Balaban J connectivity index is 3.73.